The minimum Gasteiger partial charge on any atom is -0.235 e. The Bertz CT molecular complexity index is 484. The van der Waals surface area contributed by atoms with Crippen molar-refractivity contribution < 1.29 is 4.39 Å². The zero-order chi connectivity index (χ0) is 10.8. The van der Waals surface area contributed by atoms with Crippen molar-refractivity contribution >= 4 is 31.9 Å². The minimum atomic E-state index is -0.247. The summed E-state index contributed by atoms with van der Waals surface area (Å²) in [5, 5.41) is 4.09. The monoisotopic (exact) mass is 333 g/mol. The lowest BCUT2D eigenvalue weighted by Crippen LogP contribution is -2.02. The average molecular weight is 335 g/mol. The zero-order valence-corrected chi connectivity index (χ0v) is 10.7. The number of hydrogen-bond donors (Lipinski definition) is 0. The summed E-state index contributed by atoms with van der Waals surface area (Å²) in [5.41, 5.74) is 0.841. The van der Waals surface area contributed by atoms with Gasteiger partial charge in [-0.1, -0.05) is 12.1 Å². The number of benzene rings is 1. The van der Waals surface area contributed by atoms with Gasteiger partial charge in [-0.15, -0.1) is 5.10 Å². The van der Waals surface area contributed by atoms with Crippen molar-refractivity contribution in [1.29, 1.82) is 0 Å². The number of aromatic nitrogens is 3. The summed E-state index contributed by atoms with van der Waals surface area (Å²) in [6.07, 6.45) is 0. The van der Waals surface area contributed by atoms with Gasteiger partial charge in [0.05, 0.1) is 6.54 Å². The number of nitrogens with zero attached hydrogens (tertiary/aromatic N) is 3. The lowest BCUT2D eigenvalue weighted by atomic mass is 10.2. The number of halogens is 3. The van der Waals surface area contributed by atoms with Gasteiger partial charge in [-0.25, -0.2) is 9.07 Å². The van der Waals surface area contributed by atoms with Gasteiger partial charge in [-0.2, -0.15) is 4.98 Å². The molecule has 1 aromatic carbocycles. The second kappa shape index (κ2) is 4.40. The van der Waals surface area contributed by atoms with Crippen LogP contribution in [0.15, 0.2) is 33.7 Å². The molecule has 0 spiro atoms. The molecule has 0 unspecified atom stereocenters. The third-order valence-corrected chi connectivity index (χ3v) is 2.74. The molecule has 0 amide bonds. The third-order valence-electron chi connectivity index (χ3n) is 1.82. The standard InChI is InChI=1S/C9H6Br2FN3/c10-8-13-9(11)15(14-8)5-6-2-1-3-7(12)4-6/h1-4H,5H2. The molecule has 2 rings (SSSR count). The van der Waals surface area contributed by atoms with Crippen LogP contribution in [0.4, 0.5) is 4.39 Å². The van der Waals surface area contributed by atoms with Crippen LogP contribution in [-0.4, -0.2) is 14.8 Å². The van der Waals surface area contributed by atoms with Crippen LogP contribution in [0.3, 0.4) is 0 Å². The van der Waals surface area contributed by atoms with Crippen LogP contribution in [0.5, 0.6) is 0 Å². The Hall–Kier alpha value is -0.750. The molecule has 0 aliphatic carbocycles. The molecule has 1 heterocycles. The Morgan fingerprint density at radius 2 is 2.13 bits per heavy atom. The maximum Gasteiger partial charge on any atom is 0.218 e. The van der Waals surface area contributed by atoms with Gasteiger partial charge in [0.15, 0.2) is 4.73 Å². The van der Waals surface area contributed by atoms with Crippen LogP contribution in [0, 0.1) is 5.82 Å². The van der Waals surface area contributed by atoms with Crippen molar-refractivity contribution in [3.63, 3.8) is 0 Å². The second-order valence-electron chi connectivity index (χ2n) is 2.94. The molecule has 0 saturated carbocycles. The molecule has 3 nitrogen and oxygen atoms in total. The van der Waals surface area contributed by atoms with Gasteiger partial charge in [0, 0.05) is 0 Å². The van der Waals surface area contributed by atoms with Crippen molar-refractivity contribution in [3.05, 3.63) is 45.1 Å². The molecular formula is C9H6Br2FN3. The Morgan fingerprint density at radius 3 is 2.73 bits per heavy atom. The smallest absolute Gasteiger partial charge is 0.218 e. The molecule has 1 aromatic heterocycles. The van der Waals surface area contributed by atoms with Gasteiger partial charge in [-0.3, -0.25) is 0 Å². The van der Waals surface area contributed by atoms with Crippen LogP contribution >= 0.6 is 31.9 Å². The van der Waals surface area contributed by atoms with E-state index >= 15 is 0 Å². The van der Waals surface area contributed by atoms with E-state index in [-0.39, 0.29) is 5.82 Å². The molecule has 0 N–H and O–H groups in total. The van der Waals surface area contributed by atoms with Gasteiger partial charge in [0.1, 0.15) is 5.82 Å². The average Bonchev–Trinajstić information content (AvgIpc) is 2.45. The first kappa shape index (κ1) is 10.8. The van der Waals surface area contributed by atoms with E-state index in [9.17, 15) is 4.39 Å². The van der Waals surface area contributed by atoms with E-state index in [1.54, 1.807) is 10.7 Å². The third kappa shape index (κ3) is 2.63. The maximum absolute atomic E-state index is 12.9. The van der Waals surface area contributed by atoms with Crippen LogP contribution < -0.4 is 0 Å². The SMILES string of the molecule is Fc1cccc(Cn2nc(Br)nc2Br)c1. The molecule has 2 aromatic rings. The lowest BCUT2D eigenvalue weighted by Gasteiger charge is -2.01. The summed E-state index contributed by atoms with van der Waals surface area (Å²) >= 11 is 6.42. The van der Waals surface area contributed by atoms with Gasteiger partial charge in [0.2, 0.25) is 4.73 Å². The largest absolute Gasteiger partial charge is 0.235 e. The Morgan fingerprint density at radius 1 is 1.33 bits per heavy atom. The van der Waals surface area contributed by atoms with Crippen molar-refractivity contribution in [2.45, 2.75) is 6.54 Å². The molecule has 15 heavy (non-hydrogen) atoms. The molecule has 0 aliphatic heterocycles. The summed E-state index contributed by atoms with van der Waals surface area (Å²) in [7, 11) is 0. The first-order valence-corrected chi connectivity index (χ1v) is 5.74. The van der Waals surface area contributed by atoms with E-state index in [1.165, 1.54) is 12.1 Å². The van der Waals surface area contributed by atoms with Crippen molar-refractivity contribution in [2.24, 2.45) is 0 Å². The van der Waals surface area contributed by atoms with Gasteiger partial charge >= 0.3 is 0 Å². The van der Waals surface area contributed by atoms with Crippen LogP contribution in [0.1, 0.15) is 5.56 Å². The van der Waals surface area contributed by atoms with Gasteiger partial charge in [0.25, 0.3) is 0 Å². The lowest BCUT2D eigenvalue weighted by molar-refractivity contribution is 0.616. The summed E-state index contributed by atoms with van der Waals surface area (Å²) in [6.45, 7) is 0.483. The van der Waals surface area contributed by atoms with Crippen LogP contribution in [0.25, 0.3) is 0 Å². The molecule has 78 valence electrons. The predicted octanol–water partition coefficient (Wildman–Crippen LogP) is 2.99. The topological polar surface area (TPSA) is 30.7 Å². The summed E-state index contributed by atoms with van der Waals surface area (Å²) in [6, 6.07) is 6.40. The van der Waals surface area contributed by atoms with E-state index in [0.717, 1.165) is 5.56 Å². The first-order valence-electron chi connectivity index (χ1n) is 4.15. The Kier molecular flexibility index (Phi) is 3.16. The van der Waals surface area contributed by atoms with E-state index in [2.05, 4.69) is 41.9 Å². The summed E-state index contributed by atoms with van der Waals surface area (Å²) in [4.78, 5) is 4.02. The number of rotatable bonds is 2. The fraction of sp³-hybridized carbons (Fsp3) is 0.111. The molecule has 0 bridgehead atoms. The molecule has 0 fully saturated rings. The van der Waals surface area contributed by atoms with Crippen molar-refractivity contribution in [1.82, 2.24) is 14.8 Å². The molecule has 0 radical (unpaired) electrons. The Balaban J connectivity index is 2.25. The van der Waals surface area contributed by atoms with Crippen LogP contribution in [0.2, 0.25) is 0 Å². The van der Waals surface area contributed by atoms with Crippen LogP contribution in [-0.2, 0) is 6.54 Å². The molecule has 0 saturated heterocycles. The number of hydrogen-bond acceptors (Lipinski definition) is 2. The normalized spacial score (nSPS) is 10.6. The second-order valence-corrected chi connectivity index (χ2v) is 4.36. The summed E-state index contributed by atoms with van der Waals surface area (Å²) < 4.78 is 15.7. The van der Waals surface area contributed by atoms with Crippen molar-refractivity contribution in [3.8, 4) is 0 Å². The fourth-order valence-electron chi connectivity index (χ4n) is 1.21. The highest BCUT2D eigenvalue weighted by atomic mass is 79.9. The van der Waals surface area contributed by atoms with E-state index in [0.29, 0.717) is 16.0 Å². The summed E-state index contributed by atoms with van der Waals surface area (Å²) in [5.74, 6) is -0.247. The van der Waals surface area contributed by atoms with E-state index in [4.69, 9.17) is 0 Å². The van der Waals surface area contributed by atoms with E-state index < -0.39 is 0 Å². The zero-order valence-electron chi connectivity index (χ0n) is 7.49. The minimum absolute atomic E-state index is 0.247. The molecule has 0 atom stereocenters. The highest BCUT2D eigenvalue weighted by Crippen LogP contribution is 2.13. The highest BCUT2D eigenvalue weighted by molar-refractivity contribution is 9.11. The van der Waals surface area contributed by atoms with Gasteiger partial charge < -0.3 is 0 Å². The predicted molar refractivity (Wildman–Crippen MR) is 60.9 cm³/mol. The fourth-order valence-corrected chi connectivity index (χ4v) is 2.18. The highest BCUT2D eigenvalue weighted by Gasteiger charge is 2.05. The quantitative estimate of drug-likeness (QED) is 0.845. The Labute approximate surface area is 103 Å². The van der Waals surface area contributed by atoms with E-state index in [1.807, 2.05) is 6.07 Å². The molecule has 6 heteroatoms. The molecular weight excluding hydrogens is 329 g/mol. The first-order chi connectivity index (χ1) is 7.15. The van der Waals surface area contributed by atoms with Crippen molar-refractivity contribution in [2.75, 3.05) is 0 Å². The maximum atomic E-state index is 12.9. The molecule has 0 aliphatic rings. The van der Waals surface area contributed by atoms with Gasteiger partial charge in [-0.05, 0) is 49.6 Å².